The molecular weight excluding hydrogens is 240 g/mol. The Balaban J connectivity index is 2.18. The van der Waals surface area contributed by atoms with E-state index >= 15 is 0 Å². The summed E-state index contributed by atoms with van der Waals surface area (Å²) in [6, 6.07) is 8.78. The van der Waals surface area contributed by atoms with E-state index in [1.807, 2.05) is 26.0 Å². The number of aromatic nitrogens is 1. The number of pyridine rings is 1. The molecule has 0 aliphatic heterocycles. The summed E-state index contributed by atoms with van der Waals surface area (Å²) < 4.78 is 0. The Morgan fingerprint density at radius 1 is 1.32 bits per heavy atom. The van der Waals surface area contributed by atoms with E-state index < -0.39 is 0 Å². The number of hydrogen-bond donors (Lipinski definition) is 2. The molecule has 2 aromatic rings. The number of aromatic hydroxyl groups is 1. The van der Waals surface area contributed by atoms with Gasteiger partial charge in [-0.25, -0.2) is 0 Å². The van der Waals surface area contributed by atoms with E-state index in [9.17, 15) is 9.90 Å². The van der Waals surface area contributed by atoms with Crippen molar-refractivity contribution in [3.05, 3.63) is 53.9 Å². The molecule has 1 amide bonds. The van der Waals surface area contributed by atoms with E-state index in [-0.39, 0.29) is 17.6 Å². The molecule has 1 aromatic heterocycles. The second-order valence-corrected chi connectivity index (χ2v) is 4.47. The Morgan fingerprint density at radius 3 is 2.74 bits per heavy atom. The summed E-state index contributed by atoms with van der Waals surface area (Å²) in [6.45, 7) is 3.64. The molecule has 0 fully saturated rings. The molecule has 0 aliphatic carbocycles. The monoisotopic (exact) mass is 256 g/mol. The lowest BCUT2D eigenvalue weighted by Crippen LogP contribution is -2.19. The van der Waals surface area contributed by atoms with E-state index in [0.717, 1.165) is 11.1 Å². The van der Waals surface area contributed by atoms with Crippen LogP contribution in [0.3, 0.4) is 0 Å². The van der Waals surface area contributed by atoms with E-state index in [0.29, 0.717) is 5.69 Å². The maximum absolute atomic E-state index is 12.2. The van der Waals surface area contributed by atoms with Crippen LogP contribution in [0.4, 0.5) is 5.69 Å². The lowest BCUT2D eigenvalue weighted by Gasteiger charge is -2.14. The Morgan fingerprint density at radius 2 is 2.11 bits per heavy atom. The third-order valence-corrected chi connectivity index (χ3v) is 3.08. The molecule has 0 radical (unpaired) electrons. The van der Waals surface area contributed by atoms with Crippen molar-refractivity contribution >= 4 is 11.6 Å². The molecule has 0 aliphatic rings. The molecule has 2 N–H and O–H groups in total. The predicted octanol–water partition coefficient (Wildman–Crippen LogP) is 2.84. The zero-order valence-corrected chi connectivity index (χ0v) is 10.9. The highest BCUT2D eigenvalue weighted by molar-refractivity contribution is 5.97. The number of carbonyl (C=O) groups is 1. The number of nitrogens with zero attached hydrogens (tertiary/aromatic N) is 1. The largest absolute Gasteiger partial charge is 0.506 e. The van der Waals surface area contributed by atoms with Crippen LogP contribution in [0.1, 0.15) is 24.0 Å². The van der Waals surface area contributed by atoms with Crippen molar-refractivity contribution in [3.63, 3.8) is 0 Å². The van der Waals surface area contributed by atoms with Crippen LogP contribution >= 0.6 is 0 Å². The van der Waals surface area contributed by atoms with Crippen molar-refractivity contribution in [2.75, 3.05) is 5.32 Å². The van der Waals surface area contributed by atoms with Crippen molar-refractivity contribution < 1.29 is 9.90 Å². The van der Waals surface area contributed by atoms with Gasteiger partial charge in [-0.05, 0) is 37.1 Å². The molecule has 0 unspecified atom stereocenters. The third kappa shape index (κ3) is 2.91. The number of para-hydroxylation sites is 1. The minimum Gasteiger partial charge on any atom is -0.506 e. The van der Waals surface area contributed by atoms with E-state index in [1.54, 1.807) is 30.6 Å². The fourth-order valence-electron chi connectivity index (χ4n) is 1.83. The first kappa shape index (κ1) is 13.1. The van der Waals surface area contributed by atoms with Gasteiger partial charge >= 0.3 is 0 Å². The van der Waals surface area contributed by atoms with Crippen LogP contribution in [0, 0.1) is 6.92 Å². The lowest BCUT2D eigenvalue weighted by atomic mass is 10.0. The fourth-order valence-corrected chi connectivity index (χ4v) is 1.83. The first-order chi connectivity index (χ1) is 9.09. The van der Waals surface area contributed by atoms with Crippen LogP contribution in [-0.2, 0) is 4.79 Å². The van der Waals surface area contributed by atoms with Gasteiger partial charge < -0.3 is 10.4 Å². The number of nitrogens with one attached hydrogen (secondary N) is 1. The van der Waals surface area contributed by atoms with Crippen LogP contribution in [-0.4, -0.2) is 16.0 Å². The first-order valence-corrected chi connectivity index (χ1v) is 6.09. The summed E-state index contributed by atoms with van der Waals surface area (Å²) in [5.41, 5.74) is 2.13. The molecule has 0 bridgehead atoms. The average Bonchev–Trinajstić information content (AvgIpc) is 2.43. The van der Waals surface area contributed by atoms with Gasteiger partial charge in [0.05, 0.1) is 11.6 Å². The molecule has 1 heterocycles. The number of anilines is 1. The number of rotatable bonds is 3. The van der Waals surface area contributed by atoms with Gasteiger partial charge in [-0.3, -0.25) is 9.78 Å². The predicted molar refractivity (Wildman–Crippen MR) is 74.1 cm³/mol. The van der Waals surface area contributed by atoms with Gasteiger partial charge in [0, 0.05) is 12.4 Å². The van der Waals surface area contributed by atoms with Gasteiger partial charge in [-0.2, -0.15) is 0 Å². The Kier molecular flexibility index (Phi) is 3.80. The minimum atomic E-state index is -0.326. The molecule has 2 rings (SSSR count). The van der Waals surface area contributed by atoms with Crippen molar-refractivity contribution in [2.45, 2.75) is 19.8 Å². The molecule has 0 saturated heterocycles. The fraction of sp³-hybridized carbons (Fsp3) is 0.200. The Hall–Kier alpha value is -2.36. The smallest absolute Gasteiger partial charge is 0.231 e. The number of carbonyl (C=O) groups excluding carboxylic acids is 1. The summed E-state index contributed by atoms with van der Waals surface area (Å²) in [5, 5.41) is 12.5. The summed E-state index contributed by atoms with van der Waals surface area (Å²) in [5.74, 6) is -0.419. The van der Waals surface area contributed by atoms with E-state index in [2.05, 4.69) is 10.3 Å². The van der Waals surface area contributed by atoms with Gasteiger partial charge in [-0.1, -0.05) is 18.2 Å². The van der Waals surface area contributed by atoms with Crippen LogP contribution < -0.4 is 5.32 Å². The Bertz CT molecular complexity index is 562. The number of phenols is 1. The zero-order chi connectivity index (χ0) is 13.8. The molecule has 98 valence electrons. The van der Waals surface area contributed by atoms with Gasteiger partial charge in [0.25, 0.3) is 0 Å². The minimum absolute atomic E-state index is 0.0757. The Labute approximate surface area is 112 Å². The number of hydrogen-bond acceptors (Lipinski definition) is 3. The first-order valence-electron chi connectivity index (χ1n) is 6.09. The van der Waals surface area contributed by atoms with Gasteiger partial charge in [-0.15, -0.1) is 0 Å². The third-order valence-electron chi connectivity index (χ3n) is 3.08. The second kappa shape index (κ2) is 5.52. The van der Waals surface area contributed by atoms with Crippen LogP contribution in [0.25, 0.3) is 0 Å². The van der Waals surface area contributed by atoms with Gasteiger partial charge in [0.15, 0.2) is 0 Å². The van der Waals surface area contributed by atoms with E-state index in [4.69, 9.17) is 0 Å². The van der Waals surface area contributed by atoms with Gasteiger partial charge in [0.2, 0.25) is 5.91 Å². The maximum Gasteiger partial charge on any atom is 0.231 e. The molecule has 0 saturated carbocycles. The average molecular weight is 256 g/mol. The molecular formula is C15H16N2O2. The van der Waals surface area contributed by atoms with Crippen LogP contribution in [0.15, 0.2) is 42.7 Å². The van der Waals surface area contributed by atoms with Crippen LogP contribution in [0.2, 0.25) is 0 Å². The standard InChI is InChI=1S/C15H16N2O2/c1-10-5-3-7-13(18)14(10)17-15(19)11(2)12-6-4-8-16-9-12/h3-9,11,18H,1-2H3,(H,17,19)/t11-/m0/s1. The number of aryl methyl sites for hydroxylation is 1. The summed E-state index contributed by atoms with van der Waals surface area (Å²) in [4.78, 5) is 16.2. The molecule has 4 nitrogen and oxygen atoms in total. The maximum atomic E-state index is 12.2. The second-order valence-electron chi connectivity index (χ2n) is 4.47. The summed E-state index contributed by atoms with van der Waals surface area (Å²) in [6.07, 6.45) is 3.34. The molecule has 1 atom stereocenters. The SMILES string of the molecule is Cc1cccc(O)c1NC(=O)[C@@H](C)c1cccnc1. The highest BCUT2D eigenvalue weighted by Crippen LogP contribution is 2.27. The van der Waals surface area contributed by atoms with Gasteiger partial charge in [0.1, 0.15) is 5.75 Å². The molecule has 1 aromatic carbocycles. The summed E-state index contributed by atoms with van der Waals surface area (Å²) in [7, 11) is 0. The molecule has 0 spiro atoms. The lowest BCUT2D eigenvalue weighted by molar-refractivity contribution is -0.117. The molecule has 19 heavy (non-hydrogen) atoms. The van der Waals surface area contributed by atoms with Crippen molar-refractivity contribution in [2.24, 2.45) is 0 Å². The molecule has 4 heteroatoms. The quantitative estimate of drug-likeness (QED) is 0.830. The van der Waals surface area contributed by atoms with Crippen molar-refractivity contribution in [3.8, 4) is 5.75 Å². The van der Waals surface area contributed by atoms with E-state index in [1.165, 1.54) is 0 Å². The number of amides is 1. The highest BCUT2D eigenvalue weighted by Gasteiger charge is 2.17. The topological polar surface area (TPSA) is 62.2 Å². The normalized spacial score (nSPS) is 11.9. The van der Waals surface area contributed by atoms with Crippen molar-refractivity contribution in [1.29, 1.82) is 0 Å². The van der Waals surface area contributed by atoms with Crippen molar-refractivity contribution in [1.82, 2.24) is 4.98 Å². The zero-order valence-electron chi connectivity index (χ0n) is 10.9. The van der Waals surface area contributed by atoms with Crippen LogP contribution in [0.5, 0.6) is 5.75 Å². The number of benzene rings is 1. The summed E-state index contributed by atoms with van der Waals surface area (Å²) >= 11 is 0. The number of phenolic OH excluding ortho intramolecular Hbond substituents is 1. The highest BCUT2D eigenvalue weighted by atomic mass is 16.3.